The van der Waals surface area contributed by atoms with Crippen molar-refractivity contribution in [3.63, 3.8) is 0 Å². The average Bonchev–Trinajstić information content (AvgIpc) is 3.67. The molecule has 1 saturated carbocycles. The van der Waals surface area contributed by atoms with Crippen LogP contribution >= 0.6 is 0 Å². The smallest absolute Gasteiger partial charge is 0.246 e. The van der Waals surface area contributed by atoms with Gasteiger partial charge in [0.05, 0.1) is 5.69 Å². The molecular weight excluding hydrogens is 414 g/mol. The number of nitrogens with zero attached hydrogens (tertiary/aromatic N) is 4. The predicted molar refractivity (Wildman–Crippen MR) is 130 cm³/mol. The molecule has 3 fully saturated rings. The van der Waals surface area contributed by atoms with Gasteiger partial charge >= 0.3 is 0 Å². The number of carbonyl (C=O) groups excluding carboxylic acids is 1. The van der Waals surface area contributed by atoms with E-state index in [0.29, 0.717) is 35.4 Å². The van der Waals surface area contributed by atoms with E-state index in [1.54, 1.807) is 23.1 Å². The van der Waals surface area contributed by atoms with Gasteiger partial charge in [0.15, 0.2) is 5.82 Å². The maximum absolute atomic E-state index is 12.2. The van der Waals surface area contributed by atoms with Crippen LogP contribution in [0.1, 0.15) is 50.5 Å². The number of phenols is 1. The minimum Gasteiger partial charge on any atom is -0.507 e. The number of nitrogens with one attached hydrogen (secondary N) is 1. The Morgan fingerprint density at radius 3 is 2.42 bits per heavy atom. The Kier molecular flexibility index (Phi) is 6.06. The first-order valence-corrected chi connectivity index (χ1v) is 12.1. The molecule has 2 bridgehead atoms. The molecule has 1 aromatic heterocycles. The lowest BCUT2D eigenvalue weighted by molar-refractivity contribution is -0.125. The number of hydrogen-bond donors (Lipinski definition) is 2. The summed E-state index contributed by atoms with van der Waals surface area (Å²) < 4.78 is 0. The Labute approximate surface area is 195 Å². The number of anilines is 1. The number of hydrogen-bond acceptors (Lipinski definition) is 6. The van der Waals surface area contributed by atoms with Crippen molar-refractivity contribution in [2.24, 2.45) is 0 Å². The van der Waals surface area contributed by atoms with E-state index in [2.05, 4.69) is 27.5 Å². The van der Waals surface area contributed by atoms with Crippen LogP contribution in [0.15, 0.2) is 36.4 Å². The second-order valence-electron chi connectivity index (χ2n) is 9.79. The minimum absolute atomic E-state index is 0.0102. The van der Waals surface area contributed by atoms with Crippen LogP contribution in [0.4, 0.5) is 5.82 Å². The van der Waals surface area contributed by atoms with E-state index in [1.807, 2.05) is 31.3 Å². The van der Waals surface area contributed by atoms with Crippen molar-refractivity contribution in [1.82, 2.24) is 20.4 Å². The van der Waals surface area contributed by atoms with Gasteiger partial charge in [-0.2, -0.15) is 0 Å². The number of fused-ring (bicyclic) bond motifs is 2. The van der Waals surface area contributed by atoms with Gasteiger partial charge in [-0.1, -0.05) is 12.5 Å². The summed E-state index contributed by atoms with van der Waals surface area (Å²) in [7, 11) is 3.94. The van der Waals surface area contributed by atoms with Crippen molar-refractivity contribution >= 4 is 17.8 Å². The molecule has 1 amide bonds. The van der Waals surface area contributed by atoms with Gasteiger partial charge in [0.1, 0.15) is 5.75 Å². The van der Waals surface area contributed by atoms with Crippen LogP contribution in [0.3, 0.4) is 0 Å². The summed E-state index contributed by atoms with van der Waals surface area (Å²) in [6.07, 6.45) is 11.6. The molecule has 7 nitrogen and oxygen atoms in total. The van der Waals surface area contributed by atoms with Gasteiger partial charge in [-0.15, -0.1) is 10.2 Å². The third-order valence-corrected chi connectivity index (χ3v) is 7.41. The van der Waals surface area contributed by atoms with E-state index in [1.165, 1.54) is 19.3 Å². The largest absolute Gasteiger partial charge is 0.507 e. The maximum atomic E-state index is 12.2. The molecule has 174 valence electrons. The number of phenolic OH excluding ortho intramolecular Hbond substituents is 1. The number of benzene rings is 1. The van der Waals surface area contributed by atoms with Crippen molar-refractivity contribution in [3.05, 3.63) is 42.0 Å². The lowest BCUT2D eigenvalue weighted by atomic mass is 9.83. The number of aromatic nitrogens is 2. The summed E-state index contributed by atoms with van der Waals surface area (Å²) in [4.78, 5) is 16.2. The summed E-state index contributed by atoms with van der Waals surface area (Å²) in [5, 5.41) is 23.2. The monoisotopic (exact) mass is 447 g/mol. The topological polar surface area (TPSA) is 81.6 Å². The fourth-order valence-electron chi connectivity index (χ4n) is 5.19. The molecule has 3 heterocycles. The number of rotatable bonds is 6. The van der Waals surface area contributed by atoms with Crippen LogP contribution in [0, 0.1) is 0 Å². The Morgan fingerprint density at radius 2 is 1.79 bits per heavy atom. The highest BCUT2D eigenvalue weighted by Crippen LogP contribution is 2.32. The lowest BCUT2D eigenvalue weighted by Crippen LogP contribution is -2.54. The standard InChI is InChI=1S/C26H33N5O2/c1-30(21-15-18-4-3-5-19(16-21)27-18)25-12-11-23(28-29-25)22-10-6-17(14-24(22)32)7-13-26(33)31(2)20-8-9-20/h6-7,10-14,18-21,27,32H,3-5,8-9,15-16H2,1-2H3/b13-7+/t18-,19+,21+. The molecule has 7 heteroatoms. The van der Waals surface area contributed by atoms with Crippen molar-refractivity contribution < 1.29 is 9.90 Å². The van der Waals surface area contributed by atoms with Crippen LogP contribution < -0.4 is 10.2 Å². The molecule has 0 unspecified atom stereocenters. The average molecular weight is 448 g/mol. The first-order valence-electron chi connectivity index (χ1n) is 12.1. The Hall–Kier alpha value is -2.93. The summed E-state index contributed by atoms with van der Waals surface area (Å²) in [6.45, 7) is 0. The zero-order valence-electron chi connectivity index (χ0n) is 19.4. The number of carbonyl (C=O) groups is 1. The van der Waals surface area contributed by atoms with Gasteiger partial charge in [-0.25, -0.2) is 0 Å². The molecule has 33 heavy (non-hydrogen) atoms. The quantitative estimate of drug-likeness (QED) is 0.659. The molecule has 0 spiro atoms. The molecule has 1 aliphatic carbocycles. The molecule has 2 aliphatic heterocycles. The summed E-state index contributed by atoms with van der Waals surface area (Å²) in [5.41, 5.74) is 2.04. The zero-order chi connectivity index (χ0) is 22.9. The van der Waals surface area contributed by atoms with Gasteiger partial charge < -0.3 is 20.2 Å². The normalized spacial score (nSPS) is 24.6. The maximum Gasteiger partial charge on any atom is 0.246 e. The first-order chi connectivity index (χ1) is 16.0. The van der Waals surface area contributed by atoms with Gasteiger partial charge in [0.25, 0.3) is 0 Å². The fourth-order valence-corrected chi connectivity index (χ4v) is 5.19. The molecule has 2 aromatic rings. The molecule has 5 rings (SSSR count). The minimum atomic E-state index is -0.0102. The van der Waals surface area contributed by atoms with Gasteiger partial charge in [0.2, 0.25) is 5.91 Å². The van der Waals surface area contributed by atoms with Crippen molar-refractivity contribution in [2.45, 2.75) is 69.1 Å². The van der Waals surface area contributed by atoms with E-state index in [9.17, 15) is 9.90 Å². The van der Waals surface area contributed by atoms with Gasteiger partial charge in [0, 0.05) is 49.9 Å². The fraction of sp³-hybridized carbons (Fsp3) is 0.500. The predicted octanol–water partition coefficient (Wildman–Crippen LogP) is 3.59. The SMILES string of the molecule is CN(C(=O)/C=C/c1ccc(-c2ccc(N(C)[C@H]3C[C@H]4CCC[C@@H](C3)N4)nn2)c(O)c1)C1CC1. The molecule has 3 aliphatic rings. The van der Waals surface area contributed by atoms with Crippen LogP contribution in [-0.2, 0) is 4.79 Å². The second-order valence-corrected chi connectivity index (χ2v) is 9.79. The number of aromatic hydroxyl groups is 1. The lowest BCUT2D eigenvalue weighted by Gasteiger charge is -2.43. The van der Waals surface area contributed by atoms with E-state index < -0.39 is 0 Å². The van der Waals surface area contributed by atoms with Crippen molar-refractivity contribution in [2.75, 3.05) is 19.0 Å². The summed E-state index contributed by atoms with van der Waals surface area (Å²) >= 11 is 0. The van der Waals surface area contributed by atoms with Crippen LogP contribution in [0.2, 0.25) is 0 Å². The number of piperidine rings is 2. The van der Waals surface area contributed by atoms with Crippen molar-refractivity contribution in [1.29, 1.82) is 0 Å². The number of amides is 1. The second kappa shape index (κ2) is 9.14. The highest BCUT2D eigenvalue weighted by atomic mass is 16.3. The zero-order valence-corrected chi connectivity index (χ0v) is 19.4. The van der Waals surface area contributed by atoms with Crippen molar-refractivity contribution in [3.8, 4) is 17.0 Å². The van der Waals surface area contributed by atoms with E-state index >= 15 is 0 Å². The Bertz CT molecular complexity index is 1020. The Balaban J connectivity index is 1.25. The first kappa shape index (κ1) is 21.9. The molecule has 2 N–H and O–H groups in total. The third-order valence-electron chi connectivity index (χ3n) is 7.41. The highest BCUT2D eigenvalue weighted by molar-refractivity contribution is 5.92. The summed E-state index contributed by atoms with van der Waals surface area (Å²) in [5.74, 6) is 0.979. The van der Waals surface area contributed by atoms with Crippen LogP contribution in [0.25, 0.3) is 17.3 Å². The molecule has 1 aromatic carbocycles. The molecule has 3 atom stereocenters. The van der Waals surface area contributed by atoms with Crippen LogP contribution in [0.5, 0.6) is 5.75 Å². The van der Waals surface area contributed by atoms with Gasteiger partial charge in [-0.05, 0) is 74.4 Å². The van der Waals surface area contributed by atoms with Gasteiger partial charge in [-0.3, -0.25) is 4.79 Å². The Morgan fingerprint density at radius 1 is 1.03 bits per heavy atom. The molecule has 0 radical (unpaired) electrons. The van der Waals surface area contributed by atoms with Crippen LogP contribution in [-0.4, -0.2) is 64.4 Å². The van der Waals surface area contributed by atoms with E-state index in [4.69, 9.17) is 0 Å². The third kappa shape index (κ3) is 4.88. The summed E-state index contributed by atoms with van der Waals surface area (Å²) in [6, 6.07) is 11.4. The van der Waals surface area contributed by atoms with E-state index in [0.717, 1.165) is 37.1 Å². The number of likely N-dealkylation sites (N-methyl/N-ethyl adjacent to an activating group) is 1. The highest BCUT2D eigenvalue weighted by Gasteiger charge is 2.33. The molecule has 2 saturated heterocycles. The van der Waals surface area contributed by atoms with E-state index in [-0.39, 0.29) is 11.7 Å². The molecular formula is C26H33N5O2.